The highest BCUT2D eigenvalue weighted by Crippen LogP contribution is 2.12. The Balaban J connectivity index is 2.95. The molecule has 0 aliphatic rings. The predicted octanol–water partition coefficient (Wildman–Crippen LogP) is 0.465. The van der Waals surface area contributed by atoms with Crippen LogP contribution in [0.25, 0.3) is 0 Å². The first-order valence-electron chi connectivity index (χ1n) is 4.23. The highest BCUT2D eigenvalue weighted by molar-refractivity contribution is 5.89. The van der Waals surface area contributed by atoms with E-state index >= 15 is 0 Å². The number of carbonyl (C=O) groups is 1. The molecule has 0 aliphatic carbocycles. The molecular formula is C10H13NO3. The van der Waals surface area contributed by atoms with Gasteiger partial charge in [-0.15, -0.1) is 0 Å². The lowest BCUT2D eigenvalue weighted by Gasteiger charge is -2.09. The van der Waals surface area contributed by atoms with Crippen LogP contribution in [0.4, 0.5) is 0 Å². The van der Waals surface area contributed by atoms with Crippen LogP contribution in [0.3, 0.4) is 0 Å². The van der Waals surface area contributed by atoms with Crippen LogP contribution in [0.2, 0.25) is 0 Å². The Morgan fingerprint density at radius 2 is 2.36 bits per heavy atom. The van der Waals surface area contributed by atoms with Crippen LogP contribution >= 0.6 is 0 Å². The van der Waals surface area contributed by atoms with Crippen molar-refractivity contribution < 1.29 is 14.6 Å². The van der Waals surface area contributed by atoms with E-state index in [4.69, 9.17) is 10.8 Å². The Morgan fingerprint density at radius 3 is 2.93 bits per heavy atom. The Hall–Kier alpha value is -1.39. The van der Waals surface area contributed by atoms with E-state index in [2.05, 4.69) is 4.74 Å². The normalized spacial score (nSPS) is 12.2. The van der Waals surface area contributed by atoms with Gasteiger partial charge in [0.2, 0.25) is 0 Å². The van der Waals surface area contributed by atoms with E-state index in [1.807, 2.05) is 0 Å². The fourth-order valence-corrected chi connectivity index (χ4v) is 1.12. The number of ether oxygens (including phenoxy) is 1. The fourth-order valence-electron chi connectivity index (χ4n) is 1.12. The lowest BCUT2D eigenvalue weighted by molar-refractivity contribution is 0.0600. The maximum atomic E-state index is 11.2. The van der Waals surface area contributed by atoms with Gasteiger partial charge in [0.15, 0.2) is 0 Å². The highest BCUT2D eigenvalue weighted by atomic mass is 16.5. The van der Waals surface area contributed by atoms with Gasteiger partial charge in [-0.05, 0) is 17.7 Å². The third-order valence-electron chi connectivity index (χ3n) is 1.93. The zero-order chi connectivity index (χ0) is 10.6. The summed E-state index contributed by atoms with van der Waals surface area (Å²) in [7, 11) is 1.32. The van der Waals surface area contributed by atoms with E-state index in [0.717, 1.165) is 5.56 Å². The molecule has 0 unspecified atom stereocenters. The van der Waals surface area contributed by atoms with Crippen LogP contribution in [0.1, 0.15) is 22.0 Å². The molecule has 14 heavy (non-hydrogen) atoms. The molecule has 0 fully saturated rings. The van der Waals surface area contributed by atoms with Crippen LogP contribution < -0.4 is 5.73 Å². The fraction of sp³-hybridized carbons (Fsp3) is 0.300. The molecule has 0 saturated heterocycles. The summed E-state index contributed by atoms with van der Waals surface area (Å²) in [6.07, 6.45) is 0. The molecule has 1 aromatic rings. The molecule has 1 aromatic carbocycles. The molecule has 0 saturated carbocycles. The van der Waals surface area contributed by atoms with Gasteiger partial charge in [-0.25, -0.2) is 4.79 Å². The number of carbonyl (C=O) groups excluding carboxylic acids is 1. The first-order chi connectivity index (χ1) is 6.69. The molecule has 76 valence electrons. The number of aliphatic hydroxyl groups excluding tert-OH is 1. The molecule has 4 nitrogen and oxygen atoms in total. The van der Waals surface area contributed by atoms with E-state index in [0.29, 0.717) is 5.56 Å². The number of benzene rings is 1. The monoisotopic (exact) mass is 195 g/mol. The lowest BCUT2D eigenvalue weighted by atomic mass is 10.1. The molecule has 0 amide bonds. The Labute approximate surface area is 82.3 Å². The van der Waals surface area contributed by atoms with Crippen molar-refractivity contribution in [2.24, 2.45) is 5.73 Å². The number of aliphatic hydroxyl groups is 1. The first kappa shape index (κ1) is 10.7. The summed E-state index contributed by atoms with van der Waals surface area (Å²) in [5.74, 6) is -0.406. The Kier molecular flexibility index (Phi) is 3.62. The van der Waals surface area contributed by atoms with Gasteiger partial charge >= 0.3 is 5.97 Å². The number of rotatable bonds is 3. The van der Waals surface area contributed by atoms with Gasteiger partial charge in [0.05, 0.1) is 25.3 Å². The Morgan fingerprint density at radius 1 is 1.64 bits per heavy atom. The molecular weight excluding hydrogens is 182 g/mol. The summed E-state index contributed by atoms with van der Waals surface area (Å²) in [4.78, 5) is 11.2. The third kappa shape index (κ3) is 2.31. The number of methoxy groups -OCH3 is 1. The zero-order valence-corrected chi connectivity index (χ0v) is 7.93. The second kappa shape index (κ2) is 4.74. The van der Waals surface area contributed by atoms with Crippen molar-refractivity contribution in [2.45, 2.75) is 6.04 Å². The van der Waals surface area contributed by atoms with Crippen molar-refractivity contribution in [3.63, 3.8) is 0 Å². The van der Waals surface area contributed by atoms with Crippen LogP contribution in [-0.4, -0.2) is 24.8 Å². The van der Waals surface area contributed by atoms with Crippen LogP contribution in [0, 0.1) is 0 Å². The summed E-state index contributed by atoms with van der Waals surface area (Å²) < 4.78 is 4.56. The van der Waals surface area contributed by atoms with Gasteiger partial charge in [0.25, 0.3) is 0 Å². The predicted molar refractivity (Wildman–Crippen MR) is 51.8 cm³/mol. The molecule has 1 rings (SSSR count). The minimum Gasteiger partial charge on any atom is -0.465 e. The maximum absolute atomic E-state index is 11.2. The van der Waals surface area contributed by atoms with Gasteiger partial charge in [0.1, 0.15) is 0 Å². The molecule has 0 heterocycles. The molecule has 0 aromatic heterocycles. The highest BCUT2D eigenvalue weighted by Gasteiger charge is 2.09. The SMILES string of the molecule is COC(=O)c1cccc([C@H](N)CO)c1. The van der Waals surface area contributed by atoms with Crippen LogP contribution in [-0.2, 0) is 4.74 Å². The van der Waals surface area contributed by atoms with Crippen molar-refractivity contribution in [2.75, 3.05) is 13.7 Å². The number of hydrogen-bond donors (Lipinski definition) is 2. The summed E-state index contributed by atoms with van der Waals surface area (Å²) >= 11 is 0. The van der Waals surface area contributed by atoms with Crippen molar-refractivity contribution in [3.05, 3.63) is 35.4 Å². The van der Waals surface area contributed by atoms with Crippen molar-refractivity contribution in [1.82, 2.24) is 0 Å². The van der Waals surface area contributed by atoms with Crippen LogP contribution in [0.5, 0.6) is 0 Å². The smallest absolute Gasteiger partial charge is 0.337 e. The number of nitrogens with two attached hydrogens (primary N) is 1. The van der Waals surface area contributed by atoms with Gasteiger partial charge in [-0.1, -0.05) is 12.1 Å². The second-order valence-electron chi connectivity index (χ2n) is 2.91. The van der Waals surface area contributed by atoms with E-state index in [-0.39, 0.29) is 6.61 Å². The topological polar surface area (TPSA) is 72.5 Å². The Bertz CT molecular complexity index is 325. The molecule has 0 radical (unpaired) electrons. The van der Waals surface area contributed by atoms with Crippen molar-refractivity contribution in [3.8, 4) is 0 Å². The molecule has 1 atom stereocenters. The van der Waals surface area contributed by atoms with Gasteiger partial charge < -0.3 is 15.6 Å². The minimum absolute atomic E-state index is 0.148. The van der Waals surface area contributed by atoms with E-state index in [1.165, 1.54) is 7.11 Å². The standard InChI is InChI=1S/C10H13NO3/c1-14-10(13)8-4-2-3-7(5-8)9(11)6-12/h2-5,9,12H,6,11H2,1H3/t9-/m1/s1. The number of esters is 1. The molecule has 0 aliphatic heterocycles. The van der Waals surface area contributed by atoms with Gasteiger partial charge in [-0.3, -0.25) is 0 Å². The number of hydrogen-bond acceptors (Lipinski definition) is 4. The van der Waals surface area contributed by atoms with Crippen LogP contribution in [0.15, 0.2) is 24.3 Å². The van der Waals surface area contributed by atoms with E-state index < -0.39 is 12.0 Å². The molecule has 0 bridgehead atoms. The third-order valence-corrected chi connectivity index (χ3v) is 1.93. The lowest BCUT2D eigenvalue weighted by Crippen LogP contribution is -2.15. The summed E-state index contributed by atoms with van der Waals surface area (Å²) in [5.41, 5.74) is 6.76. The van der Waals surface area contributed by atoms with Crippen molar-refractivity contribution >= 4 is 5.97 Å². The molecule has 3 N–H and O–H groups in total. The molecule has 0 spiro atoms. The largest absolute Gasteiger partial charge is 0.465 e. The van der Waals surface area contributed by atoms with Gasteiger partial charge in [0, 0.05) is 0 Å². The minimum atomic E-state index is -0.459. The molecule has 4 heteroatoms. The van der Waals surface area contributed by atoms with E-state index in [1.54, 1.807) is 24.3 Å². The average Bonchev–Trinajstić information content (AvgIpc) is 2.27. The summed E-state index contributed by atoms with van der Waals surface area (Å²) in [6.45, 7) is -0.148. The summed E-state index contributed by atoms with van der Waals surface area (Å²) in [5, 5.41) is 8.83. The second-order valence-corrected chi connectivity index (χ2v) is 2.91. The van der Waals surface area contributed by atoms with Gasteiger partial charge in [-0.2, -0.15) is 0 Å². The maximum Gasteiger partial charge on any atom is 0.337 e. The van der Waals surface area contributed by atoms with E-state index in [9.17, 15) is 4.79 Å². The first-order valence-corrected chi connectivity index (χ1v) is 4.23. The van der Waals surface area contributed by atoms with Crippen molar-refractivity contribution in [1.29, 1.82) is 0 Å². The zero-order valence-electron chi connectivity index (χ0n) is 7.93. The summed E-state index contributed by atoms with van der Waals surface area (Å²) in [6, 6.07) is 6.26. The quantitative estimate of drug-likeness (QED) is 0.687. The average molecular weight is 195 g/mol.